The second-order valence-corrected chi connectivity index (χ2v) is 3.74. The van der Waals surface area contributed by atoms with Crippen LogP contribution in [-0.2, 0) is 4.79 Å². The van der Waals surface area contributed by atoms with Gasteiger partial charge in [0.1, 0.15) is 0 Å². The largest absolute Gasteiger partial charge is 0.480 e. The van der Waals surface area contributed by atoms with E-state index in [-0.39, 0.29) is 0 Å². The van der Waals surface area contributed by atoms with Crippen molar-refractivity contribution in [2.45, 2.75) is 19.9 Å². The van der Waals surface area contributed by atoms with Gasteiger partial charge in [0.05, 0.1) is 0 Å². The average Bonchev–Trinajstić information content (AvgIpc) is 2.17. The number of carbonyl (C=O) groups excluding carboxylic acids is 1. The van der Waals surface area contributed by atoms with Crippen LogP contribution >= 0.6 is 0 Å². The normalized spacial score (nSPS) is 12.2. The van der Waals surface area contributed by atoms with Crippen LogP contribution in [0.15, 0.2) is 18.2 Å². The van der Waals surface area contributed by atoms with Gasteiger partial charge < -0.3 is 10.4 Å². The molecule has 0 fully saturated rings. The van der Waals surface area contributed by atoms with Gasteiger partial charge in [0.15, 0.2) is 11.8 Å². The van der Waals surface area contributed by atoms with E-state index in [1.165, 1.54) is 7.05 Å². The summed E-state index contributed by atoms with van der Waals surface area (Å²) < 4.78 is 0. The zero-order chi connectivity index (χ0) is 12.3. The van der Waals surface area contributed by atoms with Gasteiger partial charge in [-0.2, -0.15) is 0 Å². The molecule has 1 aromatic rings. The smallest absolute Gasteiger partial charge is 0.328 e. The first-order chi connectivity index (χ1) is 7.47. The topological polar surface area (TPSA) is 66.4 Å². The van der Waals surface area contributed by atoms with Gasteiger partial charge in [-0.1, -0.05) is 23.8 Å². The number of likely N-dealkylation sites (N-methyl/N-ethyl adjacent to an activating group) is 1. The molecule has 0 aliphatic heterocycles. The minimum absolute atomic E-state index is 0.410. The number of aliphatic carboxylic acids is 1. The van der Waals surface area contributed by atoms with Crippen LogP contribution in [0.1, 0.15) is 21.5 Å². The molecule has 0 saturated heterocycles. The zero-order valence-corrected chi connectivity index (χ0v) is 9.57. The van der Waals surface area contributed by atoms with E-state index < -0.39 is 17.8 Å². The monoisotopic (exact) mass is 221 g/mol. The highest BCUT2D eigenvalue weighted by Crippen LogP contribution is 2.12. The minimum atomic E-state index is -1.18. The average molecular weight is 221 g/mol. The number of carboxylic acids is 1. The highest BCUT2D eigenvalue weighted by Gasteiger charge is 2.26. The van der Waals surface area contributed by atoms with Gasteiger partial charge in [-0.05, 0) is 26.5 Å². The second kappa shape index (κ2) is 4.90. The molecule has 0 aromatic heterocycles. The van der Waals surface area contributed by atoms with Crippen LogP contribution in [0.3, 0.4) is 0 Å². The summed E-state index contributed by atoms with van der Waals surface area (Å²) in [7, 11) is 1.46. The number of carbonyl (C=O) groups is 2. The zero-order valence-electron chi connectivity index (χ0n) is 9.57. The third-order valence-corrected chi connectivity index (χ3v) is 2.45. The van der Waals surface area contributed by atoms with Gasteiger partial charge in [0, 0.05) is 5.56 Å². The predicted molar refractivity (Wildman–Crippen MR) is 60.7 cm³/mol. The van der Waals surface area contributed by atoms with Crippen LogP contribution in [-0.4, -0.2) is 29.9 Å². The Labute approximate surface area is 94.3 Å². The molecule has 0 radical (unpaired) electrons. The Bertz CT molecular complexity index is 426. The summed E-state index contributed by atoms with van der Waals surface area (Å²) in [6, 6.07) is 4.15. The summed E-state index contributed by atoms with van der Waals surface area (Å²) in [6.45, 7) is 3.73. The molecule has 0 heterocycles. The lowest BCUT2D eigenvalue weighted by Crippen LogP contribution is -2.41. The lowest BCUT2D eigenvalue weighted by Gasteiger charge is -2.12. The highest BCUT2D eigenvalue weighted by atomic mass is 16.4. The summed E-state index contributed by atoms with van der Waals surface area (Å²) in [5.41, 5.74) is 2.30. The maximum Gasteiger partial charge on any atom is 0.328 e. The van der Waals surface area contributed by atoms with E-state index in [0.717, 1.165) is 11.1 Å². The standard InChI is InChI=1S/C12H15NO3/c1-7-4-5-9(8(2)6-7)11(14)10(13-3)12(15)16/h4-6,10,13H,1-3H3,(H,15,16). The van der Waals surface area contributed by atoms with Crippen molar-refractivity contribution >= 4 is 11.8 Å². The Morgan fingerprint density at radius 1 is 1.31 bits per heavy atom. The van der Waals surface area contributed by atoms with E-state index in [1.54, 1.807) is 19.1 Å². The van der Waals surface area contributed by atoms with Crippen molar-refractivity contribution < 1.29 is 14.7 Å². The van der Waals surface area contributed by atoms with E-state index in [1.807, 2.05) is 13.0 Å². The van der Waals surface area contributed by atoms with Crippen LogP contribution in [0, 0.1) is 13.8 Å². The summed E-state index contributed by atoms with van der Waals surface area (Å²) in [6.07, 6.45) is 0. The Balaban J connectivity index is 3.09. The number of hydrogen-bond donors (Lipinski definition) is 2. The SMILES string of the molecule is CNC(C(=O)O)C(=O)c1ccc(C)cc1C. The fourth-order valence-corrected chi connectivity index (χ4v) is 1.61. The first-order valence-corrected chi connectivity index (χ1v) is 4.99. The molecular formula is C12H15NO3. The van der Waals surface area contributed by atoms with Crippen LogP contribution in [0.5, 0.6) is 0 Å². The van der Waals surface area contributed by atoms with Crippen molar-refractivity contribution in [2.75, 3.05) is 7.05 Å². The minimum Gasteiger partial charge on any atom is -0.480 e. The van der Waals surface area contributed by atoms with Crippen molar-refractivity contribution in [3.8, 4) is 0 Å². The molecule has 0 bridgehead atoms. The Morgan fingerprint density at radius 3 is 2.38 bits per heavy atom. The molecular weight excluding hydrogens is 206 g/mol. The van der Waals surface area contributed by atoms with E-state index >= 15 is 0 Å². The summed E-state index contributed by atoms with van der Waals surface area (Å²) >= 11 is 0. The van der Waals surface area contributed by atoms with Gasteiger partial charge in [-0.3, -0.25) is 9.59 Å². The molecule has 16 heavy (non-hydrogen) atoms. The van der Waals surface area contributed by atoms with Gasteiger partial charge in [-0.15, -0.1) is 0 Å². The lowest BCUT2D eigenvalue weighted by molar-refractivity contribution is -0.137. The van der Waals surface area contributed by atoms with Gasteiger partial charge in [-0.25, -0.2) is 0 Å². The van der Waals surface area contributed by atoms with E-state index in [4.69, 9.17) is 5.11 Å². The fraction of sp³-hybridized carbons (Fsp3) is 0.333. The fourth-order valence-electron chi connectivity index (χ4n) is 1.61. The van der Waals surface area contributed by atoms with Crippen molar-refractivity contribution in [3.05, 3.63) is 34.9 Å². The summed E-state index contributed by atoms with van der Waals surface area (Å²) in [5.74, 6) is -1.57. The quantitative estimate of drug-likeness (QED) is 0.591. The molecule has 4 nitrogen and oxygen atoms in total. The first kappa shape index (κ1) is 12.4. The van der Waals surface area contributed by atoms with Gasteiger partial charge in [0.25, 0.3) is 0 Å². The van der Waals surface area contributed by atoms with Gasteiger partial charge in [0.2, 0.25) is 0 Å². The number of rotatable bonds is 4. The number of hydrogen-bond acceptors (Lipinski definition) is 3. The summed E-state index contributed by atoms with van der Waals surface area (Å²) in [4.78, 5) is 22.7. The van der Waals surface area contributed by atoms with Crippen LogP contribution in [0.4, 0.5) is 0 Å². The first-order valence-electron chi connectivity index (χ1n) is 4.99. The van der Waals surface area contributed by atoms with Crippen LogP contribution < -0.4 is 5.32 Å². The van der Waals surface area contributed by atoms with Crippen molar-refractivity contribution in [3.63, 3.8) is 0 Å². The van der Waals surface area contributed by atoms with Crippen molar-refractivity contribution in [1.82, 2.24) is 5.32 Å². The van der Waals surface area contributed by atoms with Crippen molar-refractivity contribution in [2.24, 2.45) is 0 Å². The highest BCUT2D eigenvalue weighted by molar-refractivity contribution is 6.12. The predicted octanol–water partition coefficient (Wildman–Crippen LogP) is 1.16. The molecule has 2 N–H and O–H groups in total. The van der Waals surface area contributed by atoms with Gasteiger partial charge >= 0.3 is 5.97 Å². The molecule has 86 valence electrons. The Morgan fingerprint density at radius 2 is 1.94 bits per heavy atom. The number of nitrogens with one attached hydrogen (secondary N) is 1. The number of aryl methyl sites for hydroxylation is 2. The number of benzene rings is 1. The Hall–Kier alpha value is -1.68. The summed E-state index contributed by atoms with van der Waals surface area (Å²) in [5, 5.41) is 11.4. The molecule has 1 rings (SSSR count). The number of Topliss-reactive ketones (excluding diaryl/α,β-unsaturated/α-hetero) is 1. The number of ketones is 1. The molecule has 1 atom stereocenters. The van der Waals surface area contributed by atoms with E-state index in [2.05, 4.69) is 5.32 Å². The third kappa shape index (κ3) is 2.46. The molecule has 0 aliphatic carbocycles. The number of carboxylic acid groups (broad SMARTS) is 1. The lowest BCUT2D eigenvalue weighted by atomic mass is 9.98. The maximum absolute atomic E-state index is 11.9. The maximum atomic E-state index is 11.9. The molecule has 0 spiro atoms. The molecule has 0 saturated carbocycles. The Kier molecular flexibility index (Phi) is 3.79. The molecule has 4 heteroatoms. The van der Waals surface area contributed by atoms with Crippen molar-refractivity contribution in [1.29, 1.82) is 0 Å². The third-order valence-electron chi connectivity index (χ3n) is 2.45. The van der Waals surface area contributed by atoms with Crippen LogP contribution in [0.2, 0.25) is 0 Å². The second-order valence-electron chi connectivity index (χ2n) is 3.74. The molecule has 0 aliphatic rings. The molecule has 1 aromatic carbocycles. The molecule has 0 amide bonds. The molecule has 1 unspecified atom stereocenters. The van der Waals surface area contributed by atoms with Crippen LogP contribution in [0.25, 0.3) is 0 Å². The van der Waals surface area contributed by atoms with E-state index in [0.29, 0.717) is 5.56 Å². The van der Waals surface area contributed by atoms with E-state index in [9.17, 15) is 9.59 Å².